The number of aromatic nitrogens is 2. The molecule has 0 spiro atoms. The summed E-state index contributed by atoms with van der Waals surface area (Å²) in [5, 5.41) is 19.8. The number of carbonyl (C=O) groups excluding carboxylic acids is 1. The number of benzene rings is 2. The predicted octanol–water partition coefficient (Wildman–Crippen LogP) is 4.14. The Hall–Kier alpha value is -3.92. The van der Waals surface area contributed by atoms with E-state index in [0.29, 0.717) is 11.0 Å². The molecular weight excluding hydrogens is 361 g/mol. The number of hydrogen-bond acceptors (Lipinski definition) is 5. The Morgan fingerprint density at radius 2 is 2.00 bits per heavy atom. The first-order chi connectivity index (χ1) is 13.5. The van der Waals surface area contributed by atoms with Gasteiger partial charge in [0.1, 0.15) is 17.5 Å². The summed E-state index contributed by atoms with van der Waals surface area (Å²) in [5.41, 5.74) is 1.44. The third kappa shape index (κ3) is 4.07. The van der Waals surface area contributed by atoms with Gasteiger partial charge in [-0.05, 0) is 31.2 Å². The van der Waals surface area contributed by atoms with Crippen molar-refractivity contribution < 1.29 is 19.0 Å². The van der Waals surface area contributed by atoms with E-state index in [1.54, 1.807) is 24.3 Å². The molecule has 0 unspecified atom stereocenters. The standard InChI is InChI=1S/C21H16FN3O3/c1-13(28-19(26)11-10-14-6-2-3-7-16(14)22)20(27)15(12-23)21-24-17-8-4-5-9-18(17)25-21/h2-11,13,27H,1H3,(H,24,25)/b11-10+,20-15-/t13-/m1/s1. The van der Waals surface area contributed by atoms with Gasteiger partial charge in [0.05, 0.1) is 11.0 Å². The van der Waals surface area contributed by atoms with Crippen LogP contribution in [0, 0.1) is 17.1 Å². The average Bonchev–Trinajstić information content (AvgIpc) is 3.11. The molecule has 0 radical (unpaired) electrons. The molecule has 3 rings (SSSR count). The van der Waals surface area contributed by atoms with Crippen LogP contribution in [0.1, 0.15) is 18.3 Å². The van der Waals surface area contributed by atoms with Crippen molar-refractivity contribution in [2.75, 3.05) is 0 Å². The maximum absolute atomic E-state index is 13.6. The van der Waals surface area contributed by atoms with Gasteiger partial charge in [-0.3, -0.25) is 0 Å². The Morgan fingerprint density at radius 1 is 1.29 bits per heavy atom. The zero-order valence-electron chi connectivity index (χ0n) is 14.9. The Kier molecular flexibility index (Phi) is 5.51. The molecule has 0 aliphatic heterocycles. The summed E-state index contributed by atoms with van der Waals surface area (Å²) in [7, 11) is 0. The molecule has 1 atom stereocenters. The smallest absolute Gasteiger partial charge is 0.331 e. The molecule has 3 aromatic rings. The fraction of sp³-hybridized carbons (Fsp3) is 0.0952. The zero-order valence-corrected chi connectivity index (χ0v) is 14.9. The summed E-state index contributed by atoms with van der Waals surface area (Å²) < 4.78 is 18.7. The van der Waals surface area contributed by atoms with Crippen molar-refractivity contribution in [3.05, 3.63) is 77.6 Å². The SMILES string of the molecule is C[C@@H](OC(=O)/C=C/c1ccccc1F)/C(O)=C(\C#N)c1nc2ccccc2[nH]1. The molecule has 0 aliphatic carbocycles. The molecule has 0 bridgehead atoms. The summed E-state index contributed by atoms with van der Waals surface area (Å²) in [6.07, 6.45) is 1.23. The zero-order chi connectivity index (χ0) is 20.1. The molecular formula is C21H16FN3O3. The van der Waals surface area contributed by atoms with E-state index >= 15 is 0 Å². The Balaban J connectivity index is 1.77. The Bertz CT molecular complexity index is 1090. The minimum absolute atomic E-state index is 0.130. The van der Waals surface area contributed by atoms with Crippen LogP contribution in [-0.2, 0) is 9.53 Å². The quantitative estimate of drug-likeness (QED) is 0.301. The number of ether oxygens (including phenoxy) is 1. The van der Waals surface area contributed by atoms with E-state index in [1.165, 1.54) is 31.2 Å². The monoisotopic (exact) mass is 377 g/mol. The lowest BCUT2D eigenvalue weighted by molar-refractivity contribution is -0.141. The molecule has 0 amide bonds. The molecule has 140 valence electrons. The third-order valence-corrected chi connectivity index (χ3v) is 3.98. The van der Waals surface area contributed by atoms with Crippen LogP contribution < -0.4 is 0 Å². The largest absolute Gasteiger partial charge is 0.507 e. The molecule has 2 N–H and O–H groups in total. The third-order valence-electron chi connectivity index (χ3n) is 3.98. The fourth-order valence-corrected chi connectivity index (χ4v) is 2.54. The van der Waals surface area contributed by atoms with Crippen LogP contribution in [0.3, 0.4) is 0 Å². The van der Waals surface area contributed by atoms with E-state index in [-0.39, 0.29) is 17.0 Å². The van der Waals surface area contributed by atoms with Crippen molar-refractivity contribution in [1.29, 1.82) is 5.26 Å². The summed E-state index contributed by atoms with van der Waals surface area (Å²) in [6.45, 7) is 1.42. The number of halogens is 1. The van der Waals surface area contributed by atoms with Crippen molar-refractivity contribution in [2.24, 2.45) is 0 Å². The van der Waals surface area contributed by atoms with Crippen molar-refractivity contribution in [1.82, 2.24) is 9.97 Å². The maximum atomic E-state index is 13.6. The number of hydrogen-bond donors (Lipinski definition) is 2. The van der Waals surface area contributed by atoms with Crippen LogP contribution in [0.25, 0.3) is 22.7 Å². The van der Waals surface area contributed by atoms with Crippen LogP contribution >= 0.6 is 0 Å². The van der Waals surface area contributed by atoms with E-state index in [9.17, 15) is 19.6 Å². The van der Waals surface area contributed by atoms with Gasteiger partial charge < -0.3 is 14.8 Å². The number of nitrogens with zero attached hydrogens (tertiary/aromatic N) is 2. The van der Waals surface area contributed by atoms with Crippen LogP contribution in [0.2, 0.25) is 0 Å². The minimum Gasteiger partial charge on any atom is -0.507 e. The second-order valence-corrected chi connectivity index (χ2v) is 5.91. The van der Waals surface area contributed by atoms with Crippen molar-refractivity contribution in [3.63, 3.8) is 0 Å². The number of para-hydroxylation sites is 2. The maximum Gasteiger partial charge on any atom is 0.331 e. The number of aromatic amines is 1. The first-order valence-corrected chi connectivity index (χ1v) is 8.41. The number of allylic oxidation sites excluding steroid dienone is 1. The van der Waals surface area contributed by atoms with E-state index in [4.69, 9.17) is 4.74 Å². The van der Waals surface area contributed by atoms with Crippen molar-refractivity contribution in [2.45, 2.75) is 13.0 Å². The molecule has 6 nitrogen and oxygen atoms in total. The fourth-order valence-electron chi connectivity index (χ4n) is 2.54. The number of esters is 1. The molecule has 0 saturated heterocycles. The van der Waals surface area contributed by atoms with Gasteiger partial charge in [-0.15, -0.1) is 0 Å². The molecule has 1 aromatic heterocycles. The van der Waals surface area contributed by atoms with E-state index in [0.717, 1.165) is 6.08 Å². The van der Waals surface area contributed by atoms with E-state index in [2.05, 4.69) is 9.97 Å². The molecule has 0 fully saturated rings. The average molecular weight is 377 g/mol. The van der Waals surface area contributed by atoms with Gasteiger partial charge in [-0.2, -0.15) is 5.26 Å². The number of rotatable bonds is 5. The van der Waals surface area contributed by atoms with Gasteiger partial charge in [0, 0.05) is 11.6 Å². The highest BCUT2D eigenvalue weighted by Crippen LogP contribution is 2.21. The molecule has 0 aliphatic rings. The lowest BCUT2D eigenvalue weighted by Gasteiger charge is -2.12. The Morgan fingerprint density at radius 3 is 2.71 bits per heavy atom. The highest BCUT2D eigenvalue weighted by molar-refractivity contribution is 5.88. The topological polar surface area (TPSA) is 99.0 Å². The van der Waals surface area contributed by atoms with Crippen molar-refractivity contribution >= 4 is 28.7 Å². The highest BCUT2D eigenvalue weighted by Gasteiger charge is 2.20. The molecule has 1 heterocycles. The van der Waals surface area contributed by atoms with Gasteiger partial charge in [0.2, 0.25) is 0 Å². The van der Waals surface area contributed by atoms with E-state index < -0.39 is 23.6 Å². The summed E-state index contributed by atoms with van der Waals surface area (Å²) in [4.78, 5) is 19.2. The van der Waals surface area contributed by atoms with Gasteiger partial charge in [0.25, 0.3) is 0 Å². The Labute approximate surface area is 160 Å². The molecule has 28 heavy (non-hydrogen) atoms. The summed E-state index contributed by atoms with van der Waals surface area (Å²) in [5.74, 6) is -1.52. The van der Waals surface area contributed by atoms with Gasteiger partial charge in [-0.25, -0.2) is 14.2 Å². The van der Waals surface area contributed by atoms with E-state index in [1.807, 2.05) is 12.1 Å². The number of nitriles is 1. The number of carbonyl (C=O) groups is 1. The van der Waals surface area contributed by atoms with Crippen molar-refractivity contribution in [3.8, 4) is 6.07 Å². The van der Waals surface area contributed by atoms with Crippen LogP contribution in [-0.4, -0.2) is 27.1 Å². The minimum atomic E-state index is -1.10. The number of aliphatic hydroxyl groups excluding tert-OH is 1. The number of H-pyrrole nitrogens is 1. The second kappa shape index (κ2) is 8.18. The van der Waals surface area contributed by atoms with Crippen LogP contribution in [0.5, 0.6) is 0 Å². The van der Waals surface area contributed by atoms with Crippen LogP contribution in [0.4, 0.5) is 4.39 Å². The number of imidazole rings is 1. The molecule has 0 saturated carbocycles. The molecule has 2 aromatic carbocycles. The normalized spacial score (nSPS) is 13.2. The number of aliphatic hydroxyl groups is 1. The number of nitrogens with one attached hydrogen (secondary N) is 1. The first-order valence-electron chi connectivity index (χ1n) is 8.41. The highest BCUT2D eigenvalue weighted by atomic mass is 19.1. The van der Waals surface area contributed by atoms with Gasteiger partial charge in [0.15, 0.2) is 17.7 Å². The second-order valence-electron chi connectivity index (χ2n) is 5.91. The van der Waals surface area contributed by atoms with Gasteiger partial charge >= 0.3 is 5.97 Å². The lowest BCUT2D eigenvalue weighted by Crippen LogP contribution is -2.17. The molecule has 7 heteroatoms. The lowest BCUT2D eigenvalue weighted by atomic mass is 10.1. The number of fused-ring (bicyclic) bond motifs is 1. The first kappa shape index (κ1) is 18.9. The van der Waals surface area contributed by atoms with Crippen LogP contribution in [0.15, 0.2) is 60.4 Å². The predicted molar refractivity (Wildman–Crippen MR) is 102 cm³/mol. The summed E-state index contributed by atoms with van der Waals surface area (Å²) >= 11 is 0. The summed E-state index contributed by atoms with van der Waals surface area (Å²) in [6, 6.07) is 15.0. The van der Waals surface area contributed by atoms with Gasteiger partial charge in [-0.1, -0.05) is 30.3 Å².